The highest BCUT2D eigenvalue weighted by atomic mass is 15.1. The maximum Gasteiger partial charge on any atom is 0.163 e. The molecule has 5 heteroatoms. The van der Waals surface area contributed by atoms with Gasteiger partial charge in [-0.1, -0.05) is 291 Å². The van der Waals surface area contributed by atoms with Gasteiger partial charge in [0.1, 0.15) is 0 Å². The molecule has 17 aromatic rings. The van der Waals surface area contributed by atoms with E-state index < -0.39 is 0 Å². The number of hydrogen-bond acceptors (Lipinski definition) is 3. The Hall–Kier alpha value is -12.3. The lowest BCUT2D eigenvalue weighted by Gasteiger charge is -2.25. The van der Waals surface area contributed by atoms with Crippen LogP contribution in [-0.2, 0) is 0 Å². The van der Waals surface area contributed by atoms with Crippen LogP contribution in [0.15, 0.2) is 346 Å². The molecule has 92 heavy (non-hydrogen) atoms. The highest BCUT2D eigenvalue weighted by Gasteiger charge is 2.30. The minimum Gasteiger partial charge on any atom is -0.305 e. The van der Waals surface area contributed by atoms with Crippen molar-refractivity contribution in [2.45, 2.75) is 0 Å². The van der Waals surface area contributed by atoms with Gasteiger partial charge in [-0.05, 0) is 110 Å². The molecule has 4 heterocycles. The summed E-state index contributed by atoms with van der Waals surface area (Å²) in [6.07, 6.45) is 0. The summed E-state index contributed by atoms with van der Waals surface area (Å²) in [5.74, 6) is 1.42. The van der Waals surface area contributed by atoms with Crippen molar-refractivity contribution in [3.63, 3.8) is 0 Å². The monoisotopic (exact) mass is 1170 g/mol. The topological polar surface area (TPSA) is 48.5 Å². The molecule has 0 bridgehead atoms. The first kappa shape index (κ1) is 53.9. The predicted octanol–water partition coefficient (Wildman–Crippen LogP) is 22.7. The Morgan fingerprint density at radius 2 is 0.478 bits per heavy atom. The van der Waals surface area contributed by atoms with Gasteiger partial charge in [0.25, 0.3) is 0 Å². The molecule has 0 spiro atoms. The van der Waals surface area contributed by atoms with E-state index in [0.717, 1.165) is 161 Å². The molecule has 4 aromatic heterocycles. The van der Waals surface area contributed by atoms with Crippen LogP contribution < -0.4 is 0 Å². The molecular weight excluding hydrogens is 1110 g/mol. The molecule has 430 valence electrons. The number of nitrogens with zero attached hydrogens (tertiary/aromatic N) is 5. The van der Waals surface area contributed by atoms with Crippen LogP contribution in [0, 0.1) is 0 Å². The number of aromatic nitrogens is 5. The molecule has 0 saturated heterocycles. The van der Waals surface area contributed by atoms with Crippen molar-refractivity contribution in [1.82, 2.24) is 24.1 Å². The van der Waals surface area contributed by atoms with E-state index in [1.165, 1.54) is 0 Å². The van der Waals surface area contributed by atoms with Crippen LogP contribution in [0.5, 0.6) is 0 Å². The van der Waals surface area contributed by atoms with Gasteiger partial charge in [0.15, 0.2) is 11.6 Å². The van der Waals surface area contributed by atoms with Crippen LogP contribution >= 0.6 is 0 Å². The van der Waals surface area contributed by atoms with E-state index in [1.807, 2.05) is 12.1 Å². The third-order valence-electron chi connectivity index (χ3n) is 18.0. The fourth-order valence-electron chi connectivity index (χ4n) is 13.5. The van der Waals surface area contributed by atoms with E-state index in [9.17, 15) is 0 Å². The second-order valence-corrected chi connectivity index (χ2v) is 23.4. The van der Waals surface area contributed by atoms with Crippen LogP contribution in [0.4, 0.5) is 0 Å². The quantitative estimate of drug-likeness (QED) is 0.122. The first-order chi connectivity index (χ1) is 45.6. The van der Waals surface area contributed by atoms with E-state index in [1.54, 1.807) is 0 Å². The van der Waals surface area contributed by atoms with Crippen LogP contribution in [0.25, 0.3) is 167 Å². The Kier molecular flexibility index (Phi) is 13.5. The highest BCUT2D eigenvalue weighted by molar-refractivity contribution is 6.15. The number of pyridine rings is 1. The average Bonchev–Trinajstić information content (AvgIpc) is 1.46. The fraction of sp³-hybridized carbons (Fsp3) is 0. The summed E-state index contributed by atoms with van der Waals surface area (Å²) in [6, 6.07) is 124. The molecule has 0 aliphatic rings. The molecule has 13 aromatic carbocycles. The molecule has 0 N–H and O–H groups in total. The predicted molar refractivity (Wildman–Crippen MR) is 383 cm³/mol. The molecule has 17 rings (SSSR count). The van der Waals surface area contributed by atoms with E-state index in [-0.39, 0.29) is 0 Å². The molecule has 0 aliphatic heterocycles. The highest BCUT2D eigenvalue weighted by Crippen LogP contribution is 2.50. The standard InChI is InChI=1S/C87H57N5/c1-9-25-58(26-10-1)68-45-49-78-72(53-68)73-54-69(59-27-11-2-12-28-59)46-50-79(73)91(78)85-83(65-41-43-67(44-42-65)86-88-76(62-33-17-5-18-34-62)57-77(89-86)63-35-19-6-20-36-63)82(64-37-21-7-22-38-64)84(66-39-23-8-24-40-66)90-87(85)92-80-51-47-70(60-29-13-3-14-30-60)55-74(80)75-56-71(48-52-81(75)92)61-31-15-4-16-32-61/h1-57H. The SMILES string of the molecule is c1ccc(-c2ccc3c(c2)c2cc(-c4ccccc4)ccc2n3-c2nc(-c3ccccc3)c(-c3ccccc3)c(-c3ccc(-c4nc(-c5ccccc5)cc(-c5ccccc5)n4)cc3)c2-n2c3ccc(-c4ccccc4)cc3c3cc(-c4ccccc4)ccc32)cc1. The minimum atomic E-state index is 0.640. The molecule has 0 unspecified atom stereocenters. The van der Waals surface area contributed by atoms with Crippen LogP contribution in [0.1, 0.15) is 0 Å². The lowest BCUT2D eigenvalue weighted by Crippen LogP contribution is -2.11. The van der Waals surface area contributed by atoms with Crippen molar-refractivity contribution in [3.05, 3.63) is 346 Å². The normalized spacial score (nSPS) is 11.5. The largest absolute Gasteiger partial charge is 0.305 e. The fourth-order valence-corrected chi connectivity index (χ4v) is 13.5. The Bertz CT molecular complexity index is 5310. The van der Waals surface area contributed by atoms with Crippen molar-refractivity contribution in [2.75, 3.05) is 0 Å². The van der Waals surface area contributed by atoms with Gasteiger partial charge in [-0.2, -0.15) is 0 Å². The van der Waals surface area contributed by atoms with Crippen molar-refractivity contribution in [3.8, 4) is 123 Å². The van der Waals surface area contributed by atoms with Gasteiger partial charge in [-0.25, -0.2) is 15.0 Å². The smallest absolute Gasteiger partial charge is 0.163 e. The number of benzene rings is 13. The zero-order chi connectivity index (χ0) is 60.9. The van der Waals surface area contributed by atoms with Gasteiger partial charge < -0.3 is 4.57 Å². The van der Waals surface area contributed by atoms with Gasteiger partial charge in [0, 0.05) is 54.9 Å². The third-order valence-corrected chi connectivity index (χ3v) is 18.0. The number of rotatable bonds is 12. The Balaban J connectivity index is 1.03. The van der Waals surface area contributed by atoms with Gasteiger partial charge in [0.2, 0.25) is 0 Å². The van der Waals surface area contributed by atoms with E-state index in [4.69, 9.17) is 15.0 Å². The average molecular weight is 1170 g/mol. The molecule has 5 nitrogen and oxygen atoms in total. The van der Waals surface area contributed by atoms with E-state index in [0.29, 0.717) is 5.82 Å². The van der Waals surface area contributed by atoms with Crippen molar-refractivity contribution >= 4 is 43.6 Å². The summed E-state index contributed by atoms with van der Waals surface area (Å²) in [5.41, 5.74) is 24.9. The second kappa shape index (κ2) is 23.0. The summed E-state index contributed by atoms with van der Waals surface area (Å²) in [7, 11) is 0. The molecule has 0 saturated carbocycles. The van der Waals surface area contributed by atoms with Crippen LogP contribution in [0.3, 0.4) is 0 Å². The Morgan fingerprint density at radius 3 is 0.837 bits per heavy atom. The lowest BCUT2D eigenvalue weighted by atomic mass is 9.89. The Labute approximate surface area is 533 Å². The minimum absolute atomic E-state index is 0.640. The molecule has 0 aliphatic carbocycles. The lowest BCUT2D eigenvalue weighted by molar-refractivity contribution is 1.03. The maximum atomic E-state index is 6.27. The first-order valence-corrected chi connectivity index (χ1v) is 31.3. The van der Waals surface area contributed by atoms with Gasteiger partial charge in [0.05, 0.1) is 44.8 Å². The van der Waals surface area contributed by atoms with Gasteiger partial charge >= 0.3 is 0 Å². The Morgan fingerprint density at radius 1 is 0.196 bits per heavy atom. The van der Waals surface area contributed by atoms with Crippen LogP contribution in [-0.4, -0.2) is 24.1 Å². The number of hydrogen-bond donors (Lipinski definition) is 0. The maximum absolute atomic E-state index is 6.27. The molecule has 0 fully saturated rings. The van der Waals surface area contributed by atoms with Crippen molar-refractivity contribution < 1.29 is 0 Å². The summed E-state index contributed by atoms with van der Waals surface area (Å²) in [5, 5.41) is 4.51. The number of fused-ring (bicyclic) bond motifs is 6. The molecular formula is C87H57N5. The van der Waals surface area contributed by atoms with Crippen molar-refractivity contribution in [1.29, 1.82) is 0 Å². The zero-order valence-electron chi connectivity index (χ0n) is 50.1. The van der Waals surface area contributed by atoms with Crippen molar-refractivity contribution in [2.24, 2.45) is 0 Å². The van der Waals surface area contributed by atoms with Gasteiger partial charge in [-0.15, -0.1) is 0 Å². The van der Waals surface area contributed by atoms with E-state index in [2.05, 4.69) is 343 Å². The summed E-state index contributed by atoms with van der Waals surface area (Å²) < 4.78 is 4.97. The summed E-state index contributed by atoms with van der Waals surface area (Å²) in [6.45, 7) is 0. The summed E-state index contributed by atoms with van der Waals surface area (Å²) in [4.78, 5) is 16.9. The molecule has 0 atom stereocenters. The second-order valence-electron chi connectivity index (χ2n) is 23.4. The third kappa shape index (κ3) is 9.64. The molecule has 0 radical (unpaired) electrons. The van der Waals surface area contributed by atoms with E-state index >= 15 is 0 Å². The van der Waals surface area contributed by atoms with Crippen LogP contribution in [0.2, 0.25) is 0 Å². The van der Waals surface area contributed by atoms with Gasteiger partial charge in [-0.3, -0.25) is 4.57 Å². The first-order valence-electron chi connectivity index (χ1n) is 31.3. The summed E-state index contributed by atoms with van der Waals surface area (Å²) >= 11 is 0. The molecule has 0 amide bonds. The zero-order valence-corrected chi connectivity index (χ0v) is 50.1.